The molecule has 0 unspecified atom stereocenters. The van der Waals surface area contributed by atoms with E-state index >= 15 is 19.2 Å². The Bertz CT molecular complexity index is 4030. The number of carbonyl (C=O) groups excluding carboxylic acids is 4. The maximum Gasteiger partial charge on any atom is 0.265 e. The van der Waals surface area contributed by atoms with Gasteiger partial charge in [-0.05, 0) is 119 Å². The van der Waals surface area contributed by atoms with E-state index in [0.717, 1.165) is 79.8 Å². The molecule has 9 aromatic carbocycles. The van der Waals surface area contributed by atoms with Crippen molar-refractivity contribution in [2.75, 3.05) is 9.80 Å². The number of rotatable bonds is 32. The van der Waals surface area contributed by atoms with Gasteiger partial charge in [-0.3, -0.25) is 19.2 Å². The standard InChI is InChI=1S/C82H92N4O4/c1-5-9-13-17-21-25-33-55(34-26-22-18-14-10-6-2)83-71-39-31-29-37-59(71)61-43-41-57(53-73(61)83)85-79(87)67-49-45-63-65-47-51-69-78-70(52-48-66(76(65)78)64-46-50-68(80(85)88)77(67)75(63)64)82(90)86(81(69)89)58-42-44-62-60-38-30-32-40-72(60)84(74(62)54-58)56(35-27-23-19-15-11-7-3)36-28-24-20-16-12-8-4/h29-32,37-56H,5-28,33-36H2,1-4H3. The molecule has 464 valence electrons. The number of carbonyl (C=O) groups is 4. The smallest absolute Gasteiger partial charge is 0.265 e. The molecule has 2 aromatic heterocycles. The summed E-state index contributed by atoms with van der Waals surface area (Å²) < 4.78 is 5.11. The number of unbranched alkanes of at least 4 members (excludes halogenated alkanes) is 20. The second-order valence-corrected chi connectivity index (χ2v) is 26.7. The van der Waals surface area contributed by atoms with Crippen molar-refractivity contribution in [1.29, 1.82) is 0 Å². The molecule has 11 aromatic rings. The lowest BCUT2D eigenvalue weighted by Gasteiger charge is -2.30. The molecule has 0 saturated carbocycles. The molecule has 8 nitrogen and oxygen atoms in total. The summed E-state index contributed by atoms with van der Waals surface area (Å²) >= 11 is 0. The molecule has 8 heteroatoms. The first-order valence-corrected chi connectivity index (χ1v) is 35.3. The van der Waals surface area contributed by atoms with E-state index < -0.39 is 0 Å². The molecule has 0 fully saturated rings. The summed E-state index contributed by atoms with van der Waals surface area (Å²) in [5.74, 6) is -1.37. The zero-order chi connectivity index (χ0) is 61.8. The van der Waals surface area contributed by atoms with E-state index in [9.17, 15) is 0 Å². The number of amides is 4. The molecule has 4 amide bonds. The third kappa shape index (κ3) is 11.2. The van der Waals surface area contributed by atoms with Crippen LogP contribution in [-0.4, -0.2) is 32.8 Å². The number of fused-ring (bicyclic) bond motifs is 8. The molecule has 4 heterocycles. The molecule has 0 bridgehead atoms. The van der Waals surface area contributed by atoms with Crippen LogP contribution in [0.2, 0.25) is 0 Å². The van der Waals surface area contributed by atoms with Crippen molar-refractivity contribution in [3.05, 3.63) is 156 Å². The number of aromatic nitrogens is 2. The summed E-state index contributed by atoms with van der Waals surface area (Å²) in [5.41, 5.74) is 7.62. The average Bonchev–Trinajstić information content (AvgIpc) is 1.05. The highest BCUT2D eigenvalue weighted by molar-refractivity contribution is 6.45. The van der Waals surface area contributed by atoms with Crippen LogP contribution < -0.4 is 9.80 Å². The van der Waals surface area contributed by atoms with Gasteiger partial charge in [-0.15, -0.1) is 0 Å². The van der Waals surface area contributed by atoms with E-state index in [0.29, 0.717) is 56.5 Å². The number of imide groups is 2. The van der Waals surface area contributed by atoms with Crippen molar-refractivity contribution in [2.45, 2.75) is 220 Å². The van der Waals surface area contributed by atoms with Crippen molar-refractivity contribution in [1.82, 2.24) is 9.13 Å². The molecule has 2 aliphatic rings. The van der Waals surface area contributed by atoms with Crippen LogP contribution in [0, 0.1) is 0 Å². The molecule has 90 heavy (non-hydrogen) atoms. The Morgan fingerprint density at radius 1 is 0.267 bits per heavy atom. The highest BCUT2D eigenvalue weighted by Crippen LogP contribution is 2.49. The summed E-state index contributed by atoms with van der Waals surface area (Å²) in [4.78, 5) is 64.1. The Kier molecular flexibility index (Phi) is 18.5. The molecule has 0 spiro atoms. The second kappa shape index (κ2) is 27.3. The molecule has 0 radical (unpaired) electrons. The summed E-state index contributed by atoms with van der Waals surface area (Å²) in [6.45, 7) is 9.10. The van der Waals surface area contributed by atoms with E-state index in [1.54, 1.807) is 0 Å². The highest BCUT2D eigenvalue weighted by atomic mass is 16.2. The molecular formula is C82H92N4O4. The van der Waals surface area contributed by atoms with Crippen LogP contribution in [0.15, 0.2) is 133 Å². The zero-order valence-electron chi connectivity index (χ0n) is 54.1. The number of hydrogen-bond acceptors (Lipinski definition) is 4. The Hall–Kier alpha value is -7.84. The molecule has 0 atom stereocenters. The first kappa shape index (κ1) is 61.0. The van der Waals surface area contributed by atoms with E-state index in [1.165, 1.54) is 186 Å². The van der Waals surface area contributed by atoms with Crippen LogP contribution in [-0.2, 0) is 0 Å². The largest absolute Gasteiger partial charge is 0.337 e. The maximum atomic E-state index is 15.3. The quantitative estimate of drug-likeness (QED) is 0.0182. The van der Waals surface area contributed by atoms with Crippen molar-refractivity contribution in [2.24, 2.45) is 0 Å². The van der Waals surface area contributed by atoms with E-state index in [1.807, 2.05) is 60.7 Å². The van der Waals surface area contributed by atoms with Crippen molar-refractivity contribution in [3.63, 3.8) is 0 Å². The lowest BCUT2D eigenvalue weighted by molar-refractivity contribution is 0.0877. The Balaban J connectivity index is 0.841. The lowest BCUT2D eigenvalue weighted by atomic mass is 9.82. The fourth-order valence-electron chi connectivity index (χ4n) is 16.2. The predicted molar refractivity (Wildman–Crippen MR) is 379 cm³/mol. The van der Waals surface area contributed by atoms with Crippen molar-refractivity contribution >= 4 is 122 Å². The first-order chi connectivity index (χ1) is 44.3. The number of nitrogens with zero attached hydrogens (tertiary/aromatic N) is 4. The minimum Gasteiger partial charge on any atom is -0.337 e. The van der Waals surface area contributed by atoms with Gasteiger partial charge in [0.2, 0.25) is 0 Å². The van der Waals surface area contributed by atoms with Crippen LogP contribution in [0.25, 0.3) is 86.7 Å². The van der Waals surface area contributed by atoms with Gasteiger partial charge < -0.3 is 9.13 Å². The molecular weight excluding hydrogens is 1100 g/mol. The van der Waals surface area contributed by atoms with Gasteiger partial charge in [0.1, 0.15) is 0 Å². The normalized spacial score (nSPS) is 13.7. The molecule has 0 aliphatic carbocycles. The number of anilines is 2. The van der Waals surface area contributed by atoms with E-state index in [2.05, 4.69) is 110 Å². The van der Waals surface area contributed by atoms with Gasteiger partial charge in [0.05, 0.1) is 22.4 Å². The van der Waals surface area contributed by atoms with Gasteiger partial charge in [-0.25, -0.2) is 9.80 Å². The number of para-hydroxylation sites is 2. The lowest BCUT2D eigenvalue weighted by Crippen LogP contribution is -2.40. The minimum absolute atomic E-state index is 0.292. The SMILES string of the molecule is CCCCCCCCC(CCCCCCCC)n1c2ccccc2c2ccc(N3C(=O)c4ccc5c6ccc7c8c(ccc(c9ccc(c4c59)C3=O)c86)C(=O)N(c3ccc4c5ccccc5n(C(CCCCCCCC)CCCCCCCC)c4c3)C7=O)cc21. The van der Waals surface area contributed by atoms with E-state index in [-0.39, 0.29) is 23.6 Å². The molecule has 0 saturated heterocycles. The fourth-order valence-corrected chi connectivity index (χ4v) is 16.2. The third-order valence-electron chi connectivity index (χ3n) is 20.8. The Morgan fingerprint density at radius 3 is 0.844 bits per heavy atom. The predicted octanol–water partition coefficient (Wildman–Crippen LogP) is 23.6. The molecule has 2 aliphatic heterocycles. The van der Waals surface area contributed by atoms with E-state index in [4.69, 9.17) is 0 Å². The second-order valence-electron chi connectivity index (χ2n) is 26.7. The topological polar surface area (TPSA) is 84.6 Å². The summed E-state index contributed by atoms with van der Waals surface area (Å²) in [6, 6.07) is 46.0. The highest BCUT2D eigenvalue weighted by Gasteiger charge is 2.39. The first-order valence-electron chi connectivity index (χ1n) is 35.3. The molecule has 0 N–H and O–H groups in total. The number of hydrogen-bond donors (Lipinski definition) is 0. The maximum absolute atomic E-state index is 15.3. The summed E-state index contributed by atoms with van der Waals surface area (Å²) in [7, 11) is 0. The van der Waals surface area contributed by atoms with Crippen LogP contribution in [0.5, 0.6) is 0 Å². The monoisotopic (exact) mass is 1200 g/mol. The average molecular weight is 1200 g/mol. The van der Waals surface area contributed by atoms with Crippen LogP contribution in [0.1, 0.15) is 261 Å². The van der Waals surface area contributed by atoms with Crippen LogP contribution in [0.3, 0.4) is 0 Å². The minimum atomic E-state index is -0.342. The third-order valence-corrected chi connectivity index (χ3v) is 20.8. The number of benzene rings is 9. The van der Waals surface area contributed by atoms with Gasteiger partial charge in [0, 0.05) is 77.7 Å². The van der Waals surface area contributed by atoms with Gasteiger partial charge in [0.15, 0.2) is 0 Å². The van der Waals surface area contributed by atoms with Crippen molar-refractivity contribution < 1.29 is 19.2 Å². The fraction of sp³-hybridized carbons (Fsp3) is 0.415. The van der Waals surface area contributed by atoms with Gasteiger partial charge in [-0.2, -0.15) is 0 Å². The molecule has 13 rings (SSSR count). The van der Waals surface area contributed by atoms with Gasteiger partial charge in [-0.1, -0.05) is 255 Å². The Morgan fingerprint density at radius 2 is 0.533 bits per heavy atom. The van der Waals surface area contributed by atoms with Crippen LogP contribution >= 0.6 is 0 Å². The van der Waals surface area contributed by atoms with Gasteiger partial charge in [0.25, 0.3) is 23.6 Å². The van der Waals surface area contributed by atoms with Crippen LogP contribution in [0.4, 0.5) is 11.4 Å². The summed E-state index contributed by atoms with van der Waals surface area (Å²) in [5, 5.41) is 11.1. The Labute approximate surface area is 532 Å². The van der Waals surface area contributed by atoms with Crippen molar-refractivity contribution in [3.8, 4) is 0 Å². The summed E-state index contributed by atoms with van der Waals surface area (Å²) in [6.07, 6.45) is 34.3. The zero-order valence-corrected chi connectivity index (χ0v) is 54.1. The van der Waals surface area contributed by atoms with Gasteiger partial charge >= 0.3 is 0 Å².